The van der Waals surface area contributed by atoms with E-state index in [1.807, 2.05) is 27.2 Å². The highest BCUT2D eigenvalue weighted by atomic mass is 31.2. The van der Waals surface area contributed by atoms with Gasteiger partial charge in [-0.1, -0.05) is 223 Å². The molecule has 0 fully saturated rings. The van der Waals surface area contributed by atoms with Gasteiger partial charge in [-0.25, -0.2) is 0 Å². The van der Waals surface area contributed by atoms with Crippen LogP contribution in [0.1, 0.15) is 251 Å². The molecule has 382 valence electrons. The van der Waals surface area contributed by atoms with E-state index < -0.39 is 26.6 Å². The van der Waals surface area contributed by atoms with Crippen molar-refractivity contribution in [2.45, 2.75) is 264 Å². The fraction of sp³-hybridized carbons (Fsp3) is 0.839. The number of carbonyl (C=O) groups is 1. The number of hydrogen-bond acceptors (Lipinski definition) is 6. The van der Waals surface area contributed by atoms with Gasteiger partial charge in [-0.2, -0.15) is 0 Å². The number of aliphatic hydroxyl groups excluding tert-OH is 1. The molecule has 9 heteroatoms. The molecule has 0 saturated heterocycles. The van der Waals surface area contributed by atoms with E-state index in [2.05, 4.69) is 55.6 Å². The quantitative estimate of drug-likeness (QED) is 0.0272. The maximum Gasteiger partial charge on any atom is 0.268 e. The van der Waals surface area contributed by atoms with Gasteiger partial charge in [0, 0.05) is 6.42 Å². The predicted molar refractivity (Wildman–Crippen MR) is 279 cm³/mol. The van der Waals surface area contributed by atoms with Crippen LogP contribution in [0.25, 0.3) is 0 Å². The van der Waals surface area contributed by atoms with Crippen LogP contribution in [-0.2, 0) is 18.4 Å². The zero-order chi connectivity index (χ0) is 47.8. The third-order valence-electron chi connectivity index (χ3n) is 12.2. The largest absolute Gasteiger partial charge is 0.756 e. The number of carbonyl (C=O) groups excluding carboxylic acids is 1. The summed E-state index contributed by atoms with van der Waals surface area (Å²) in [5.74, 6) is -0.220. The maximum absolute atomic E-state index is 12.9. The van der Waals surface area contributed by atoms with Gasteiger partial charge in [0.1, 0.15) is 13.2 Å². The van der Waals surface area contributed by atoms with E-state index in [-0.39, 0.29) is 12.5 Å². The molecule has 0 aromatic heterocycles. The van der Waals surface area contributed by atoms with Crippen molar-refractivity contribution in [2.75, 3.05) is 40.9 Å². The van der Waals surface area contributed by atoms with Gasteiger partial charge >= 0.3 is 0 Å². The lowest BCUT2D eigenvalue weighted by molar-refractivity contribution is -0.870. The number of likely N-dealkylation sites (N-methyl/N-ethyl adjacent to an activating group) is 1. The zero-order valence-corrected chi connectivity index (χ0v) is 44.3. The van der Waals surface area contributed by atoms with Crippen LogP contribution < -0.4 is 10.2 Å². The molecule has 2 N–H and O–H groups in total. The Morgan fingerprint density at radius 1 is 0.523 bits per heavy atom. The Labute approximate surface area is 403 Å². The van der Waals surface area contributed by atoms with E-state index in [0.29, 0.717) is 17.4 Å². The Balaban J connectivity index is 4.25. The molecule has 0 aromatic rings. The minimum Gasteiger partial charge on any atom is -0.756 e. The van der Waals surface area contributed by atoms with E-state index in [4.69, 9.17) is 9.05 Å². The fourth-order valence-corrected chi connectivity index (χ4v) is 8.61. The summed E-state index contributed by atoms with van der Waals surface area (Å²) in [6.45, 7) is 4.61. The average Bonchev–Trinajstić information content (AvgIpc) is 3.26. The zero-order valence-electron chi connectivity index (χ0n) is 43.4. The maximum atomic E-state index is 12.9. The summed E-state index contributed by atoms with van der Waals surface area (Å²) in [6.07, 6.45) is 62.0. The smallest absolute Gasteiger partial charge is 0.268 e. The highest BCUT2D eigenvalue weighted by Gasteiger charge is 2.23. The lowest BCUT2D eigenvalue weighted by Gasteiger charge is -2.29. The van der Waals surface area contributed by atoms with Crippen molar-refractivity contribution >= 4 is 13.7 Å². The van der Waals surface area contributed by atoms with Crippen LogP contribution in [0.3, 0.4) is 0 Å². The minimum absolute atomic E-state index is 0.0113. The Hall–Kier alpha value is -1.54. The van der Waals surface area contributed by atoms with Crippen molar-refractivity contribution in [1.29, 1.82) is 0 Å². The Bertz CT molecular complexity index is 1200. The molecule has 0 aliphatic heterocycles. The van der Waals surface area contributed by atoms with Crippen LogP contribution in [0.15, 0.2) is 48.6 Å². The molecule has 3 atom stereocenters. The number of aliphatic hydroxyl groups is 1. The Morgan fingerprint density at radius 2 is 0.862 bits per heavy atom. The first kappa shape index (κ1) is 63.5. The molecular weight excluding hydrogens is 828 g/mol. The number of nitrogens with zero attached hydrogens (tertiary/aromatic N) is 1. The second-order valence-corrected chi connectivity index (χ2v) is 21.3. The van der Waals surface area contributed by atoms with Crippen LogP contribution in [0.2, 0.25) is 0 Å². The summed E-state index contributed by atoms with van der Waals surface area (Å²) in [4.78, 5) is 25.4. The van der Waals surface area contributed by atoms with Gasteiger partial charge in [0.2, 0.25) is 5.91 Å². The normalized spacial score (nSPS) is 14.4. The van der Waals surface area contributed by atoms with Crippen molar-refractivity contribution in [1.82, 2.24) is 5.32 Å². The third kappa shape index (κ3) is 50.2. The third-order valence-corrected chi connectivity index (χ3v) is 13.2. The number of phosphoric ester groups is 1. The number of nitrogens with one attached hydrogen (secondary N) is 1. The van der Waals surface area contributed by atoms with Gasteiger partial charge in [-0.05, 0) is 70.6 Å². The molecular formula is C56H107N2O6P. The lowest BCUT2D eigenvalue weighted by Crippen LogP contribution is -2.45. The highest BCUT2D eigenvalue weighted by Crippen LogP contribution is 2.38. The summed E-state index contributed by atoms with van der Waals surface area (Å²) in [6, 6.07) is -0.914. The standard InChI is InChI=1S/C56H107N2O6P/c1-6-8-10-12-14-16-18-20-22-23-24-25-26-27-28-29-30-31-32-33-34-35-36-37-39-41-43-45-47-49-55(59)54(53-64-65(61,62)63-52-51-58(3,4)5)57-56(60)50-48-46-44-42-40-38-21-19-17-15-13-11-9-7-2/h19,21,34-35,39,41,47,49,54-55,59H,6-18,20,22-33,36-38,40,42-46,48,50-53H2,1-5H3,(H-,57,60,61,62)/b21-19-,35-34+,41-39+,49-47+. The molecule has 0 aromatic carbocycles. The van der Waals surface area contributed by atoms with Gasteiger partial charge < -0.3 is 28.8 Å². The predicted octanol–water partition coefficient (Wildman–Crippen LogP) is 15.7. The highest BCUT2D eigenvalue weighted by molar-refractivity contribution is 7.45. The monoisotopic (exact) mass is 935 g/mol. The molecule has 3 unspecified atom stereocenters. The van der Waals surface area contributed by atoms with Crippen LogP contribution in [0.5, 0.6) is 0 Å². The summed E-state index contributed by atoms with van der Waals surface area (Å²) >= 11 is 0. The van der Waals surface area contributed by atoms with E-state index >= 15 is 0 Å². The molecule has 0 aliphatic rings. The van der Waals surface area contributed by atoms with E-state index in [1.54, 1.807) is 6.08 Å². The minimum atomic E-state index is -4.61. The van der Waals surface area contributed by atoms with E-state index in [1.165, 1.54) is 167 Å². The molecule has 0 spiro atoms. The first-order valence-electron chi connectivity index (χ1n) is 27.5. The molecule has 0 bridgehead atoms. The second-order valence-electron chi connectivity index (χ2n) is 19.9. The number of hydrogen-bond donors (Lipinski definition) is 2. The fourth-order valence-electron chi connectivity index (χ4n) is 7.89. The molecule has 0 aliphatic carbocycles. The molecule has 1 amide bonds. The number of allylic oxidation sites excluding steroid dienone is 7. The van der Waals surface area contributed by atoms with Crippen molar-refractivity contribution in [3.63, 3.8) is 0 Å². The lowest BCUT2D eigenvalue weighted by atomic mass is 10.0. The first-order chi connectivity index (χ1) is 31.5. The number of unbranched alkanes of at least 4 members (excludes halogenated alkanes) is 31. The van der Waals surface area contributed by atoms with Crippen LogP contribution in [0.4, 0.5) is 0 Å². The molecule has 0 rings (SSSR count). The number of quaternary nitrogens is 1. The van der Waals surface area contributed by atoms with Crippen molar-refractivity contribution in [3.05, 3.63) is 48.6 Å². The van der Waals surface area contributed by atoms with Gasteiger partial charge in [0.25, 0.3) is 7.82 Å². The summed E-state index contributed by atoms with van der Waals surface area (Å²) in [5.41, 5.74) is 0. The number of amides is 1. The van der Waals surface area contributed by atoms with Gasteiger partial charge in [-0.15, -0.1) is 0 Å². The van der Waals surface area contributed by atoms with Crippen molar-refractivity contribution in [2.24, 2.45) is 0 Å². The van der Waals surface area contributed by atoms with Crippen LogP contribution in [-0.4, -0.2) is 68.5 Å². The number of rotatable bonds is 50. The Morgan fingerprint density at radius 3 is 1.25 bits per heavy atom. The molecule has 0 radical (unpaired) electrons. The molecule has 0 heterocycles. The summed E-state index contributed by atoms with van der Waals surface area (Å²) in [7, 11) is 1.23. The van der Waals surface area contributed by atoms with Gasteiger partial charge in [0.05, 0.1) is 39.9 Å². The van der Waals surface area contributed by atoms with Crippen LogP contribution >= 0.6 is 7.82 Å². The molecule has 65 heavy (non-hydrogen) atoms. The topological polar surface area (TPSA) is 108 Å². The first-order valence-corrected chi connectivity index (χ1v) is 29.0. The van der Waals surface area contributed by atoms with Gasteiger partial charge in [0.15, 0.2) is 0 Å². The SMILES string of the molecule is CCCCCCC/C=C\CCCCCCCC(=O)NC(COP(=O)([O-])OCC[N+](C)(C)C)C(O)/C=C/CC/C=C/CC/C=C/CCCCCCCCCCCCCCCCCCCCC. The van der Waals surface area contributed by atoms with Crippen molar-refractivity contribution in [3.8, 4) is 0 Å². The molecule has 8 nitrogen and oxygen atoms in total. The van der Waals surface area contributed by atoms with E-state index in [0.717, 1.165) is 64.2 Å². The number of phosphoric acid groups is 1. The Kier molecular flexibility index (Phi) is 46.4. The summed E-state index contributed by atoms with van der Waals surface area (Å²) in [5, 5.41) is 13.8. The second kappa shape index (κ2) is 47.5. The average molecular weight is 935 g/mol. The van der Waals surface area contributed by atoms with Gasteiger partial charge in [-0.3, -0.25) is 9.36 Å². The van der Waals surface area contributed by atoms with Crippen molar-refractivity contribution < 1.29 is 32.9 Å². The van der Waals surface area contributed by atoms with E-state index in [9.17, 15) is 19.4 Å². The van der Waals surface area contributed by atoms with Crippen LogP contribution in [0, 0.1) is 0 Å². The molecule has 0 saturated carbocycles. The summed E-state index contributed by atoms with van der Waals surface area (Å²) < 4.78 is 23.3.